The Hall–Kier alpha value is -0.310. The van der Waals surface area contributed by atoms with Gasteiger partial charge in [0.25, 0.3) is 0 Å². The molecule has 16 heavy (non-hydrogen) atoms. The van der Waals surface area contributed by atoms with Crippen LogP contribution in [0.15, 0.2) is 18.2 Å². The molecular weight excluding hydrogens is 248 g/mol. The van der Waals surface area contributed by atoms with Crippen LogP contribution in [0, 0.1) is 5.82 Å². The molecule has 0 atom stereocenters. The van der Waals surface area contributed by atoms with Crippen molar-refractivity contribution >= 4 is 23.2 Å². The summed E-state index contributed by atoms with van der Waals surface area (Å²) in [5.41, 5.74) is 0.696. The molecule has 0 heterocycles. The summed E-state index contributed by atoms with van der Waals surface area (Å²) in [6, 6.07) is 5.43. The summed E-state index contributed by atoms with van der Waals surface area (Å²) in [5.74, 6) is 0.360. The molecule has 88 valence electrons. The Morgan fingerprint density at radius 3 is 2.69 bits per heavy atom. The van der Waals surface area contributed by atoms with Crippen molar-refractivity contribution in [3.8, 4) is 0 Å². The summed E-state index contributed by atoms with van der Waals surface area (Å²) in [5, 5.41) is 0.441. The molecular formula is C12H14Cl2FN. The number of rotatable bonds is 5. The lowest BCUT2D eigenvalue weighted by molar-refractivity contribution is 0.267. The van der Waals surface area contributed by atoms with E-state index in [9.17, 15) is 4.39 Å². The topological polar surface area (TPSA) is 3.24 Å². The minimum Gasteiger partial charge on any atom is -0.295 e. The van der Waals surface area contributed by atoms with E-state index in [2.05, 4.69) is 4.90 Å². The minimum absolute atomic E-state index is 0.229. The summed E-state index contributed by atoms with van der Waals surface area (Å²) >= 11 is 11.5. The molecule has 0 amide bonds. The molecule has 0 aliphatic heterocycles. The molecule has 1 aromatic rings. The lowest BCUT2D eigenvalue weighted by Crippen LogP contribution is -2.28. The third kappa shape index (κ3) is 3.09. The van der Waals surface area contributed by atoms with Crippen LogP contribution in [0.3, 0.4) is 0 Å². The second kappa shape index (κ2) is 5.35. The fourth-order valence-corrected chi connectivity index (χ4v) is 2.18. The molecule has 1 aliphatic carbocycles. The Kier molecular flexibility index (Phi) is 4.06. The van der Waals surface area contributed by atoms with Gasteiger partial charge in [0, 0.05) is 35.6 Å². The van der Waals surface area contributed by atoms with Gasteiger partial charge in [-0.15, -0.1) is 11.6 Å². The summed E-state index contributed by atoms with van der Waals surface area (Å²) in [4.78, 5) is 2.24. The van der Waals surface area contributed by atoms with Crippen molar-refractivity contribution in [2.24, 2.45) is 0 Å². The molecule has 4 heteroatoms. The van der Waals surface area contributed by atoms with E-state index in [1.807, 2.05) is 0 Å². The van der Waals surface area contributed by atoms with E-state index in [4.69, 9.17) is 23.2 Å². The van der Waals surface area contributed by atoms with Gasteiger partial charge in [-0.05, 0) is 25.0 Å². The van der Waals surface area contributed by atoms with Crippen molar-refractivity contribution in [3.63, 3.8) is 0 Å². The SMILES string of the molecule is Fc1cc(Cl)ccc1CN(CCCl)C1CC1. The standard InChI is InChI=1S/C12H14Cl2FN/c13-5-6-16(11-3-4-11)8-9-1-2-10(14)7-12(9)15/h1-2,7,11H,3-6,8H2. The van der Waals surface area contributed by atoms with E-state index >= 15 is 0 Å². The molecule has 0 saturated heterocycles. The van der Waals surface area contributed by atoms with E-state index in [1.165, 1.54) is 18.9 Å². The lowest BCUT2D eigenvalue weighted by atomic mass is 10.2. The maximum atomic E-state index is 13.6. The molecule has 0 bridgehead atoms. The van der Waals surface area contributed by atoms with E-state index in [-0.39, 0.29) is 5.82 Å². The van der Waals surface area contributed by atoms with Gasteiger partial charge in [0.05, 0.1) is 0 Å². The average molecular weight is 262 g/mol. The first kappa shape index (κ1) is 12.2. The molecule has 1 saturated carbocycles. The van der Waals surface area contributed by atoms with Crippen molar-refractivity contribution in [3.05, 3.63) is 34.6 Å². The molecule has 0 radical (unpaired) electrons. The zero-order valence-corrected chi connectivity index (χ0v) is 10.4. The maximum Gasteiger partial charge on any atom is 0.129 e. The molecule has 0 aromatic heterocycles. The normalized spacial score (nSPS) is 15.8. The first-order valence-electron chi connectivity index (χ1n) is 5.44. The van der Waals surface area contributed by atoms with Gasteiger partial charge >= 0.3 is 0 Å². The van der Waals surface area contributed by atoms with Crippen LogP contribution in [0.4, 0.5) is 4.39 Å². The number of halogens is 3. The second-order valence-corrected chi connectivity index (χ2v) is 4.94. The van der Waals surface area contributed by atoms with E-state index in [0.29, 0.717) is 29.1 Å². The second-order valence-electron chi connectivity index (χ2n) is 4.13. The predicted molar refractivity (Wildman–Crippen MR) is 65.6 cm³/mol. The van der Waals surface area contributed by atoms with Gasteiger partial charge in [-0.3, -0.25) is 4.90 Å². The largest absolute Gasteiger partial charge is 0.295 e. The van der Waals surface area contributed by atoms with Crippen LogP contribution in [0.5, 0.6) is 0 Å². The highest BCUT2D eigenvalue weighted by molar-refractivity contribution is 6.30. The number of benzene rings is 1. The Balaban J connectivity index is 2.05. The Morgan fingerprint density at radius 1 is 1.38 bits per heavy atom. The summed E-state index contributed by atoms with van der Waals surface area (Å²) in [7, 11) is 0. The van der Waals surface area contributed by atoms with Gasteiger partial charge in [-0.2, -0.15) is 0 Å². The van der Waals surface area contributed by atoms with Gasteiger partial charge in [0.1, 0.15) is 5.82 Å². The predicted octanol–water partition coefficient (Wildman–Crippen LogP) is 3.68. The summed E-state index contributed by atoms with van der Waals surface area (Å²) in [6.45, 7) is 1.44. The zero-order chi connectivity index (χ0) is 11.5. The molecule has 2 rings (SSSR count). The fourth-order valence-electron chi connectivity index (χ4n) is 1.81. The molecule has 0 spiro atoms. The fraction of sp³-hybridized carbons (Fsp3) is 0.500. The van der Waals surface area contributed by atoms with Gasteiger partial charge in [-0.1, -0.05) is 17.7 Å². The van der Waals surface area contributed by atoms with Gasteiger partial charge in [0.15, 0.2) is 0 Å². The molecule has 0 N–H and O–H groups in total. The van der Waals surface area contributed by atoms with Crippen LogP contribution < -0.4 is 0 Å². The first-order valence-corrected chi connectivity index (χ1v) is 6.36. The number of alkyl halides is 1. The molecule has 1 fully saturated rings. The molecule has 0 unspecified atom stereocenters. The summed E-state index contributed by atoms with van der Waals surface area (Å²) < 4.78 is 13.6. The number of hydrogen-bond donors (Lipinski definition) is 0. The highest BCUT2D eigenvalue weighted by atomic mass is 35.5. The van der Waals surface area contributed by atoms with E-state index < -0.39 is 0 Å². The Bertz CT molecular complexity index is 366. The molecule has 1 aromatic carbocycles. The Labute approximate surface area is 105 Å². The summed E-state index contributed by atoms with van der Waals surface area (Å²) in [6.07, 6.45) is 2.40. The van der Waals surface area contributed by atoms with Crippen molar-refractivity contribution in [2.75, 3.05) is 12.4 Å². The molecule has 1 aliphatic rings. The van der Waals surface area contributed by atoms with Gasteiger partial charge < -0.3 is 0 Å². The highest BCUT2D eigenvalue weighted by Gasteiger charge is 2.28. The van der Waals surface area contributed by atoms with Gasteiger partial charge in [-0.25, -0.2) is 4.39 Å². The van der Waals surface area contributed by atoms with Gasteiger partial charge in [0.2, 0.25) is 0 Å². The van der Waals surface area contributed by atoms with E-state index in [0.717, 1.165) is 6.54 Å². The number of hydrogen-bond acceptors (Lipinski definition) is 1. The van der Waals surface area contributed by atoms with Crippen LogP contribution in [-0.4, -0.2) is 23.4 Å². The average Bonchev–Trinajstić information content (AvgIpc) is 3.04. The van der Waals surface area contributed by atoms with Crippen LogP contribution in [-0.2, 0) is 6.54 Å². The van der Waals surface area contributed by atoms with Crippen molar-refractivity contribution in [2.45, 2.75) is 25.4 Å². The minimum atomic E-state index is -0.229. The lowest BCUT2D eigenvalue weighted by Gasteiger charge is -2.21. The van der Waals surface area contributed by atoms with Crippen molar-refractivity contribution in [1.82, 2.24) is 4.90 Å². The monoisotopic (exact) mass is 261 g/mol. The Morgan fingerprint density at radius 2 is 2.12 bits per heavy atom. The van der Waals surface area contributed by atoms with Crippen LogP contribution >= 0.6 is 23.2 Å². The molecule has 1 nitrogen and oxygen atoms in total. The maximum absolute atomic E-state index is 13.6. The zero-order valence-electron chi connectivity index (χ0n) is 8.93. The van der Waals surface area contributed by atoms with Crippen LogP contribution in [0.1, 0.15) is 18.4 Å². The van der Waals surface area contributed by atoms with Crippen molar-refractivity contribution in [1.29, 1.82) is 0 Å². The van der Waals surface area contributed by atoms with E-state index in [1.54, 1.807) is 12.1 Å². The third-order valence-electron chi connectivity index (χ3n) is 2.82. The number of nitrogens with zero attached hydrogens (tertiary/aromatic N) is 1. The third-order valence-corrected chi connectivity index (χ3v) is 3.23. The van der Waals surface area contributed by atoms with Crippen LogP contribution in [0.25, 0.3) is 0 Å². The first-order chi connectivity index (χ1) is 7.70. The quantitative estimate of drug-likeness (QED) is 0.731. The van der Waals surface area contributed by atoms with Crippen molar-refractivity contribution < 1.29 is 4.39 Å². The highest BCUT2D eigenvalue weighted by Crippen LogP contribution is 2.28. The smallest absolute Gasteiger partial charge is 0.129 e. The van der Waals surface area contributed by atoms with Crippen LogP contribution in [0.2, 0.25) is 5.02 Å².